The second kappa shape index (κ2) is 3.45. The summed E-state index contributed by atoms with van der Waals surface area (Å²) in [5, 5.41) is 2.57. The molecule has 1 unspecified atom stereocenters. The molecule has 1 rings (SSSR count). The first kappa shape index (κ1) is 8.87. The first-order valence-electron chi connectivity index (χ1n) is 3.58. The van der Waals surface area contributed by atoms with Crippen LogP contribution in [0.4, 0.5) is 0 Å². The summed E-state index contributed by atoms with van der Waals surface area (Å²) < 4.78 is 5.16. The highest BCUT2D eigenvalue weighted by Crippen LogP contribution is 2.29. The Balaban J connectivity index is 2.00. The molecule has 0 saturated carbocycles. The molecule has 0 spiro atoms. The van der Waals surface area contributed by atoms with Crippen molar-refractivity contribution in [1.29, 1.82) is 0 Å². The Labute approximate surface area is 70.9 Å². The van der Waals surface area contributed by atoms with Crippen molar-refractivity contribution >= 4 is 17.7 Å². The van der Waals surface area contributed by atoms with Gasteiger partial charge in [-0.3, -0.25) is 4.79 Å². The number of hydrogen-bond acceptors (Lipinski definition) is 3. The number of thioether (sulfide) groups is 1. The molecule has 1 fully saturated rings. The van der Waals surface area contributed by atoms with Gasteiger partial charge in [0, 0.05) is 12.8 Å². The summed E-state index contributed by atoms with van der Waals surface area (Å²) in [4.78, 5) is 10.7. The van der Waals surface area contributed by atoms with E-state index in [0.29, 0.717) is 5.75 Å². The number of hydrogen-bond donors (Lipinski definition) is 1. The average molecular weight is 175 g/mol. The van der Waals surface area contributed by atoms with E-state index in [1.165, 1.54) is 0 Å². The van der Waals surface area contributed by atoms with Crippen molar-refractivity contribution in [2.24, 2.45) is 0 Å². The molecule has 3 nitrogen and oxygen atoms in total. The number of carbonyl (C=O) groups excluding carboxylic acids is 1. The van der Waals surface area contributed by atoms with E-state index in [-0.39, 0.29) is 11.5 Å². The maximum absolute atomic E-state index is 10.7. The smallest absolute Gasteiger partial charge is 0.229 e. The summed E-state index contributed by atoms with van der Waals surface area (Å²) in [5.74, 6) is 1.54. The van der Waals surface area contributed by atoms with Gasteiger partial charge in [0.25, 0.3) is 0 Å². The standard InChI is InChI=1S/C7H13NO2S/c1-7(4-10-7)5-11-3-6(9)8-2/h3-5H2,1-2H3,(H,8,9). The van der Waals surface area contributed by atoms with Gasteiger partial charge in [-0.2, -0.15) is 0 Å². The summed E-state index contributed by atoms with van der Waals surface area (Å²) in [6.45, 7) is 2.90. The van der Waals surface area contributed by atoms with Gasteiger partial charge in [0.2, 0.25) is 5.91 Å². The largest absolute Gasteiger partial charge is 0.369 e. The quantitative estimate of drug-likeness (QED) is 0.623. The normalized spacial score (nSPS) is 28.2. The van der Waals surface area contributed by atoms with E-state index in [4.69, 9.17) is 4.74 Å². The Morgan fingerprint density at radius 3 is 2.91 bits per heavy atom. The predicted molar refractivity (Wildman–Crippen MR) is 45.7 cm³/mol. The minimum absolute atomic E-state index is 0.0681. The Morgan fingerprint density at radius 2 is 2.45 bits per heavy atom. The van der Waals surface area contributed by atoms with E-state index in [1.807, 2.05) is 0 Å². The zero-order chi connectivity index (χ0) is 8.32. The molecule has 0 bridgehead atoms. The van der Waals surface area contributed by atoms with Crippen LogP contribution in [0.2, 0.25) is 0 Å². The molecule has 0 aromatic rings. The second-order valence-corrected chi connectivity index (χ2v) is 3.89. The number of epoxide rings is 1. The number of rotatable bonds is 4. The molecule has 1 heterocycles. The van der Waals surface area contributed by atoms with Crippen molar-refractivity contribution in [2.75, 3.05) is 25.2 Å². The Morgan fingerprint density at radius 1 is 1.82 bits per heavy atom. The zero-order valence-electron chi connectivity index (χ0n) is 6.85. The lowest BCUT2D eigenvalue weighted by atomic mass is 10.3. The van der Waals surface area contributed by atoms with Crippen LogP contribution < -0.4 is 5.32 Å². The van der Waals surface area contributed by atoms with Crippen molar-refractivity contribution < 1.29 is 9.53 Å². The van der Waals surface area contributed by atoms with Gasteiger partial charge in [0.1, 0.15) is 0 Å². The number of ether oxygens (including phenoxy) is 1. The molecule has 1 atom stereocenters. The van der Waals surface area contributed by atoms with Gasteiger partial charge in [0.05, 0.1) is 18.0 Å². The Kier molecular flexibility index (Phi) is 2.78. The third-order valence-corrected chi connectivity index (χ3v) is 2.84. The predicted octanol–water partition coefficient (Wildman–Crippen LogP) is 0.254. The van der Waals surface area contributed by atoms with Gasteiger partial charge in [-0.1, -0.05) is 0 Å². The molecular weight excluding hydrogens is 162 g/mol. The van der Waals surface area contributed by atoms with Crippen LogP contribution in [0.1, 0.15) is 6.92 Å². The van der Waals surface area contributed by atoms with Crippen molar-refractivity contribution in [3.8, 4) is 0 Å². The molecule has 0 radical (unpaired) electrons. The monoisotopic (exact) mass is 175 g/mol. The Hall–Kier alpha value is -0.220. The number of nitrogens with one attached hydrogen (secondary N) is 1. The summed E-state index contributed by atoms with van der Waals surface area (Å²) in [6, 6.07) is 0. The van der Waals surface area contributed by atoms with Gasteiger partial charge in [-0.15, -0.1) is 11.8 Å². The molecular formula is C7H13NO2S. The molecule has 1 saturated heterocycles. The first-order valence-corrected chi connectivity index (χ1v) is 4.74. The molecule has 64 valence electrons. The summed E-state index contributed by atoms with van der Waals surface area (Å²) in [5.41, 5.74) is 0.0681. The van der Waals surface area contributed by atoms with Crippen LogP contribution in [0.5, 0.6) is 0 Å². The maximum Gasteiger partial charge on any atom is 0.229 e. The summed E-state index contributed by atoms with van der Waals surface area (Å²) in [6.07, 6.45) is 0. The van der Waals surface area contributed by atoms with Crippen LogP contribution >= 0.6 is 11.8 Å². The molecule has 11 heavy (non-hydrogen) atoms. The van der Waals surface area contributed by atoms with Crippen LogP contribution in [0, 0.1) is 0 Å². The molecule has 0 aliphatic carbocycles. The SMILES string of the molecule is CNC(=O)CSCC1(C)CO1. The van der Waals surface area contributed by atoms with E-state index >= 15 is 0 Å². The number of carbonyl (C=O) groups is 1. The van der Waals surface area contributed by atoms with Crippen molar-refractivity contribution in [2.45, 2.75) is 12.5 Å². The first-order chi connectivity index (χ1) is 5.16. The molecule has 1 N–H and O–H groups in total. The maximum atomic E-state index is 10.7. The van der Waals surface area contributed by atoms with Crippen molar-refractivity contribution in [3.63, 3.8) is 0 Å². The highest BCUT2D eigenvalue weighted by atomic mass is 32.2. The minimum atomic E-state index is 0.0681. The second-order valence-electron chi connectivity index (χ2n) is 2.90. The van der Waals surface area contributed by atoms with E-state index in [9.17, 15) is 4.79 Å². The fraction of sp³-hybridized carbons (Fsp3) is 0.857. The molecule has 0 aromatic heterocycles. The lowest BCUT2D eigenvalue weighted by Crippen LogP contribution is -2.21. The average Bonchev–Trinajstić information content (AvgIpc) is 2.68. The highest BCUT2D eigenvalue weighted by Gasteiger charge is 2.38. The van der Waals surface area contributed by atoms with Crippen molar-refractivity contribution in [3.05, 3.63) is 0 Å². The van der Waals surface area contributed by atoms with Gasteiger partial charge < -0.3 is 10.1 Å². The van der Waals surface area contributed by atoms with Gasteiger partial charge in [0.15, 0.2) is 0 Å². The molecule has 4 heteroatoms. The molecule has 0 aromatic carbocycles. The van der Waals surface area contributed by atoms with Gasteiger partial charge >= 0.3 is 0 Å². The Bertz CT molecular complexity index is 157. The zero-order valence-corrected chi connectivity index (χ0v) is 7.66. The fourth-order valence-electron chi connectivity index (χ4n) is 0.638. The third-order valence-electron chi connectivity index (χ3n) is 1.56. The lowest BCUT2D eigenvalue weighted by molar-refractivity contribution is -0.118. The van der Waals surface area contributed by atoms with Crippen molar-refractivity contribution in [1.82, 2.24) is 5.32 Å². The van der Waals surface area contributed by atoms with E-state index < -0.39 is 0 Å². The van der Waals surface area contributed by atoms with Gasteiger partial charge in [-0.05, 0) is 6.92 Å². The van der Waals surface area contributed by atoms with E-state index in [0.717, 1.165) is 12.4 Å². The van der Waals surface area contributed by atoms with E-state index in [2.05, 4.69) is 12.2 Å². The topological polar surface area (TPSA) is 41.6 Å². The molecule has 1 amide bonds. The highest BCUT2D eigenvalue weighted by molar-refractivity contribution is 8.00. The van der Waals surface area contributed by atoms with Crippen LogP contribution in [-0.2, 0) is 9.53 Å². The van der Waals surface area contributed by atoms with Gasteiger partial charge in [-0.25, -0.2) is 0 Å². The minimum Gasteiger partial charge on any atom is -0.369 e. The van der Waals surface area contributed by atoms with E-state index in [1.54, 1.807) is 18.8 Å². The third kappa shape index (κ3) is 3.12. The van der Waals surface area contributed by atoms with Crippen LogP contribution in [0.3, 0.4) is 0 Å². The molecule has 1 aliphatic rings. The summed E-state index contributed by atoms with van der Waals surface area (Å²) in [7, 11) is 1.65. The lowest BCUT2D eigenvalue weighted by Gasteiger charge is -2.02. The summed E-state index contributed by atoms with van der Waals surface area (Å²) >= 11 is 1.62. The van der Waals surface area contributed by atoms with Crippen LogP contribution in [0.15, 0.2) is 0 Å². The molecule has 1 aliphatic heterocycles. The van der Waals surface area contributed by atoms with Crippen LogP contribution in [0.25, 0.3) is 0 Å². The fourth-order valence-corrected chi connectivity index (χ4v) is 1.67. The number of amides is 1. The van der Waals surface area contributed by atoms with Crippen LogP contribution in [-0.4, -0.2) is 36.7 Å².